The summed E-state index contributed by atoms with van der Waals surface area (Å²) < 4.78 is 10.6. The fraction of sp³-hybridized carbons (Fsp3) is 1.00. The highest BCUT2D eigenvalue weighted by Crippen LogP contribution is 2.17. The van der Waals surface area contributed by atoms with Crippen molar-refractivity contribution in [3.8, 4) is 0 Å². The van der Waals surface area contributed by atoms with E-state index < -0.39 is 24.6 Å². The maximum atomic E-state index is 9.71. The molecule has 5 nitrogen and oxygen atoms in total. The van der Waals surface area contributed by atoms with Gasteiger partial charge in [-0.15, -0.1) is 0 Å². The highest BCUT2D eigenvalue weighted by Gasteiger charge is 2.37. The molecule has 1 aliphatic heterocycles. The Labute approximate surface area is 134 Å². The van der Waals surface area contributed by atoms with Crippen LogP contribution >= 0.6 is 0 Å². The molecule has 3 N–H and O–H groups in total. The van der Waals surface area contributed by atoms with E-state index in [-0.39, 0.29) is 6.61 Å². The zero-order valence-electron chi connectivity index (χ0n) is 14.0. The summed E-state index contributed by atoms with van der Waals surface area (Å²) in [5.74, 6) is 0. The molecule has 132 valence electrons. The normalized spacial score (nSPS) is 28.9. The van der Waals surface area contributed by atoms with Crippen LogP contribution in [0.3, 0.4) is 0 Å². The van der Waals surface area contributed by atoms with Crippen molar-refractivity contribution in [2.45, 2.75) is 95.7 Å². The Morgan fingerprint density at radius 2 is 1.36 bits per heavy atom. The largest absolute Gasteiger partial charge is 0.388 e. The molecule has 1 saturated heterocycles. The first-order chi connectivity index (χ1) is 10.7. The molecule has 1 rings (SSSR count). The van der Waals surface area contributed by atoms with Crippen LogP contribution in [0.5, 0.6) is 0 Å². The van der Waals surface area contributed by atoms with Gasteiger partial charge in [0.25, 0.3) is 0 Å². The van der Waals surface area contributed by atoms with Crippen molar-refractivity contribution in [3.05, 3.63) is 0 Å². The molecule has 0 bridgehead atoms. The van der Waals surface area contributed by atoms with Crippen molar-refractivity contribution in [2.24, 2.45) is 0 Å². The predicted molar refractivity (Wildman–Crippen MR) is 85.6 cm³/mol. The molecule has 0 aromatic carbocycles. The molecule has 0 radical (unpaired) electrons. The third kappa shape index (κ3) is 7.88. The van der Waals surface area contributed by atoms with Gasteiger partial charge in [0.1, 0.15) is 18.3 Å². The third-order valence-electron chi connectivity index (χ3n) is 4.23. The Morgan fingerprint density at radius 1 is 0.818 bits per heavy atom. The second-order valence-electron chi connectivity index (χ2n) is 6.30. The van der Waals surface area contributed by atoms with Crippen molar-refractivity contribution in [2.75, 3.05) is 13.2 Å². The highest BCUT2D eigenvalue weighted by molar-refractivity contribution is 4.82. The minimum atomic E-state index is -1.19. The lowest BCUT2D eigenvalue weighted by Gasteiger charge is -2.34. The van der Waals surface area contributed by atoms with Gasteiger partial charge in [-0.25, -0.2) is 0 Å². The molecular weight excluding hydrogens is 284 g/mol. The first-order valence-electron chi connectivity index (χ1n) is 8.94. The minimum Gasteiger partial charge on any atom is -0.388 e. The number of aliphatic hydroxyl groups is 3. The van der Waals surface area contributed by atoms with Gasteiger partial charge in [-0.1, -0.05) is 64.7 Å². The average molecular weight is 318 g/mol. The van der Waals surface area contributed by atoms with Crippen LogP contribution in [0.15, 0.2) is 0 Å². The lowest BCUT2D eigenvalue weighted by molar-refractivity contribution is -0.270. The summed E-state index contributed by atoms with van der Waals surface area (Å²) in [7, 11) is 0. The van der Waals surface area contributed by atoms with Gasteiger partial charge in [-0.3, -0.25) is 0 Å². The fourth-order valence-corrected chi connectivity index (χ4v) is 2.71. The molecule has 4 atom stereocenters. The minimum absolute atomic E-state index is 0.000917. The highest BCUT2D eigenvalue weighted by atomic mass is 16.7. The van der Waals surface area contributed by atoms with E-state index in [0.717, 1.165) is 12.8 Å². The fourth-order valence-electron chi connectivity index (χ4n) is 2.71. The van der Waals surface area contributed by atoms with Gasteiger partial charge in [0.15, 0.2) is 6.29 Å². The SMILES string of the molecule is CCCCCCCCCCCCO[C@@H]1OC[C@@H](O)[C@@H](O)[C@@H]1O. The summed E-state index contributed by atoms with van der Waals surface area (Å²) in [4.78, 5) is 0. The van der Waals surface area contributed by atoms with Crippen molar-refractivity contribution in [3.63, 3.8) is 0 Å². The summed E-state index contributed by atoms with van der Waals surface area (Å²) in [6.45, 7) is 2.75. The van der Waals surface area contributed by atoms with E-state index in [9.17, 15) is 15.3 Å². The van der Waals surface area contributed by atoms with Gasteiger partial charge in [0, 0.05) is 6.61 Å². The van der Waals surface area contributed by atoms with Crippen LogP contribution in [0.4, 0.5) is 0 Å². The van der Waals surface area contributed by atoms with E-state index >= 15 is 0 Å². The van der Waals surface area contributed by atoms with Crippen LogP contribution in [0.1, 0.15) is 71.1 Å². The van der Waals surface area contributed by atoms with E-state index in [4.69, 9.17) is 9.47 Å². The quantitative estimate of drug-likeness (QED) is 0.481. The lowest BCUT2D eigenvalue weighted by atomic mass is 10.1. The average Bonchev–Trinajstić information content (AvgIpc) is 2.52. The first-order valence-corrected chi connectivity index (χ1v) is 8.94. The molecular formula is C17H34O5. The monoisotopic (exact) mass is 318 g/mol. The zero-order valence-corrected chi connectivity index (χ0v) is 14.0. The predicted octanol–water partition coefficient (Wildman–Crippen LogP) is 2.36. The van der Waals surface area contributed by atoms with Crippen molar-refractivity contribution in [1.82, 2.24) is 0 Å². The van der Waals surface area contributed by atoms with E-state index in [2.05, 4.69) is 6.92 Å². The molecule has 1 aliphatic rings. The molecule has 22 heavy (non-hydrogen) atoms. The summed E-state index contributed by atoms with van der Waals surface area (Å²) >= 11 is 0. The summed E-state index contributed by atoms with van der Waals surface area (Å²) in [5.41, 5.74) is 0. The second-order valence-corrected chi connectivity index (χ2v) is 6.30. The van der Waals surface area contributed by atoms with Crippen LogP contribution < -0.4 is 0 Å². The number of ether oxygens (including phenoxy) is 2. The summed E-state index contributed by atoms with van der Waals surface area (Å²) in [6, 6.07) is 0. The Morgan fingerprint density at radius 3 is 1.95 bits per heavy atom. The van der Waals surface area contributed by atoms with Gasteiger partial charge in [0.2, 0.25) is 0 Å². The molecule has 0 aromatic heterocycles. The number of aliphatic hydroxyl groups excluding tert-OH is 3. The maximum Gasteiger partial charge on any atom is 0.186 e. The van der Waals surface area contributed by atoms with E-state index in [1.54, 1.807) is 0 Å². The molecule has 1 fully saturated rings. The molecule has 0 aliphatic carbocycles. The molecule has 5 heteroatoms. The van der Waals surface area contributed by atoms with Crippen LogP contribution in [0.2, 0.25) is 0 Å². The number of hydrogen-bond donors (Lipinski definition) is 3. The molecule has 1 heterocycles. The van der Waals surface area contributed by atoms with Gasteiger partial charge in [0.05, 0.1) is 6.61 Å². The lowest BCUT2D eigenvalue weighted by Crippen LogP contribution is -2.53. The second kappa shape index (κ2) is 12.3. The van der Waals surface area contributed by atoms with Crippen LogP contribution in [0.25, 0.3) is 0 Å². The van der Waals surface area contributed by atoms with Crippen LogP contribution in [0, 0.1) is 0 Å². The van der Waals surface area contributed by atoms with E-state index in [1.165, 1.54) is 51.4 Å². The summed E-state index contributed by atoms with van der Waals surface area (Å²) in [5, 5.41) is 28.6. The molecule has 0 spiro atoms. The third-order valence-corrected chi connectivity index (χ3v) is 4.23. The van der Waals surface area contributed by atoms with Gasteiger partial charge in [-0.2, -0.15) is 0 Å². The van der Waals surface area contributed by atoms with Crippen LogP contribution in [-0.2, 0) is 9.47 Å². The van der Waals surface area contributed by atoms with Gasteiger partial charge >= 0.3 is 0 Å². The molecule has 0 amide bonds. The molecule has 0 aromatic rings. The Balaban J connectivity index is 1.89. The van der Waals surface area contributed by atoms with Gasteiger partial charge in [-0.05, 0) is 6.42 Å². The topological polar surface area (TPSA) is 79.2 Å². The van der Waals surface area contributed by atoms with Crippen LogP contribution in [-0.4, -0.2) is 53.1 Å². The van der Waals surface area contributed by atoms with E-state index in [0.29, 0.717) is 6.61 Å². The van der Waals surface area contributed by atoms with Crippen molar-refractivity contribution < 1.29 is 24.8 Å². The zero-order chi connectivity index (χ0) is 16.2. The van der Waals surface area contributed by atoms with E-state index in [1.807, 2.05) is 0 Å². The maximum absolute atomic E-state index is 9.71. The first kappa shape index (κ1) is 19.8. The molecule has 0 saturated carbocycles. The number of unbranched alkanes of at least 4 members (excludes halogenated alkanes) is 9. The van der Waals surface area contributed by atoms with Crippen molar-refractivity contribution >= 4 is 0 Å². The van der Waals surface area contributed by atoms with Crippen molar-refractivity contribution in [1.29, 1.82) is 0 Å². The summed E-state index contributed by atoms with van der Waals surface area (Å²) in [6.07, 6.45) is 8.38. The Hall–Kier alpha value is -0.200. The Bertz CT molecular complexity index is 261. The smallest absolute Gasteiger partial charge is 0.186 e. The van der Waals surface area contributed by atoms with Gasteiger partial charge < -0.3 is 24.8 Å². The molecule has 0 unspecified atom stereocenters. The Kier molecular flexibility index (Phi) is 11.1. The standard InChI is InChI=1S/C17H34O5/c1-2-3-4-5-6-7-8-9-10-11-12-21-17-16(20)15(19)14(18)13-22-17/h14-20H,2-13H2,1H3/t14-,15-,16+,17-/m1/s1. The number of rotatable bonds is 12. The number of hydrogen-bond acceptors (Lipinski definition) is 5.